The van der Waals surface area contributed by atoms with Crippen LogP contribution in [0.4, 0.5) is 14.5 Å². The number of rotatable bonds is 4. The number of anilines is 1. The minimum absolute atomic E-state index is 0.0843. The van der Waals surface area contributed by atoms with E-state index in [0.29, 0.717) is 32.1 Å². The van der Waals surface area contributed by atoms with Crippen LogP contribution in [0.1, 0.15) is 13.8 Å². The fourth-order valence-electron chi connectivity index (χ4n) is 2.75. The zero-order valence-corrected chi connectivity index (χ0v) is 14.9. The van der Waals surface area contributed by atoms with Crippen LogP contribution in [0.2, 0.25) is 0 Å². The normalized spacial score (nSPS) is 15.5. The van der Waals surface area contributed by atoms with Crippen molar-refractivity contribution in [2.45, 2.75) is 19.9 Å². The van der Waals surface area contributed by atoms with Crippen LogP contribution in [0.3, 0.4) is 0 Å². The minimum Gasteiger partial charge on any atom is -0.366 e. The van der Waals surface area contributed by atoms with Crippen LogP contribution in [-0.2, 0) is 4.79 Å². The third-order valence-electron chi connectivity index (χ3n) is 3.90. The van der Waals surface area contributed by atoms with E-state index in [4.69, 9.17) is 0 Å². The van der Waals surface area contributed by atoms with Crippen molar-refractivity contribution in [2.24, 2.45) is 4.99 Å². The first-order chi connectivity index (χ1) is 11.9. The molecule has 1 aliphatic heterocycles. The Labute approximate surface area is 146 Å². The van der Waals surface area contributed by atoms with Crippen LogP contribution < -0.4 is 15.5 Å². The molecule has 0 radical (unpaired) electrons. The molecule has 1 fully saturated rings. The second kappa shape index (κ2) is 8.64. The van der Waals surface area contributed by atoms with Gasteiger partial charge >= 0.3 is 0 Å². The van der Waals surface area contributed by atoms with Crippen molar-refractivity contribution >= 4 is 17.6 Å². The molecule has 0 unspecified atom stereocenters. The van der Waals surface area contributed by atoms with Gasteiger partial charge in [-0.05, 0) is 26.0 Å². The molecular formula is C17H25F2N5O. The quantitative estimate of drug-likeness (QED) is 0.631. The van der Waals surface area contributed by atoms with Crippen LogP contribution in [-0.4, -0.2) is 62.6 Å². The maximum Gasteiger partial charge on any atom is 0.239 e. The van der Waals surface area contributed by atoms with E-state index in [0.717, 1.165) is 12.1 Å². The number of guanidine groups is 1. The van der Waals surface area contributed by atoms with Gasteiger partial charge in [0.1, 0.15) is 11.6 Å². The van der Waals surface area contributed by atoms with E-state index in [1.807, 2.05) is 23.6 Å². The van der Waals surface area contributed by atoms with Gasteiger partial charge in [0.25, 0.3) is 0 Å². The number of hydrogen-bond donors (Lipinski definition) is 2. The van der Waals surface area contributed by atoms with Crippen LogP contribution in [0.5, 0.6) is 0 Å². The molecule has 1 amide bonds. The van der Waals surface area contributed by atoms with Crippen molar-refractivity contribution in [1.82, 2.24) is 15.5 Å². The molecule has 1 heterocycles. The third-order valence-corrected chi connectivity index (χ3v) is 3.90. The van der Waals surface area contributed by atoms with Crippen molar-refractivity contribution < 1.29 is 13.6 Å². The second-order valence-corrected chi connectivity index (χ2v) is 6.19. The highest BCUT2D eigenvalue weighted by molar-refractivity contribution is 5.86. The Morgan fingerprint density at radius 1 is 1.24 bits per heavy atom. The van der Waals surface area contributed by atoms with Crippen LogP contribution in [0.25, 0.3) is 0 Å². The van der Waals surface area contributed by atoms with E-state index in [1.54, 1.807) is 7.05 Å². The number of nitrogens with one attached hydrogen (secondary N) is 2. The van der Waals surface area contributed by atoms with Crippen molar-refractivity contribution in [2.75, 3.05) is 44.7 Å². The number of carbonyl (C=O) groups is 1. The van der Waals surface area contributed by atoms with E-state index in [2.05, 4.69) is 15.6 Å². The van der Waals surface area contributed by atoms with Gasteiger partial charge in [-0.2, -0.15) is 0 Å². The van der Waals surface area contributed by atoms with Gasteiger partial charge in [0.15, 0.2) is 5.96 Å². The number of aliphatic imine (C=N–C) groups is 1. The molecule has 6 nitrogen and oxygen atoms in total. The van der Waals surface area contributed by atoms with Crippen LogP contribution in [0, 0.1) is 11.6 Å². The lowest BCUT2D eigenvalue weighted by atomic mass is 10.2. The van der Waals surface area contributed by atoms with E-state index in [1.165, 1.54) is 6.07 Å². The molecule has 0 atom stereocenters. The van der Waals surface area contributed by atoms with Gasteiger partial charge < -0.3 is 20.4 Å². The van der Waals surface area contributed by atoms with Crippen molar-refractivity contribution in [3.63, 3.8) is 0 Å². The first-order valence-corrected chi connectivity index (χ1v) is 8.35. The highest BCUT2D eigenvalue weighted by atomic mass is 19.1. The topological polar surface area (TPSA) is 60.0 Å². The lowest BCUT2D eigenvalue weighted by molar-refractivity contribution is -0.120. The van der Waals surface area contributed by atoms with Gasteiger partial charge in [-0.25, -0.2) is 8.78 Å². The Bertz CT molecular complexity index is 627. The van der Waals surface area contributed by atoms with Gasteiger partial charge in [0.05, 0.1) is 12.2 Å². The summed E-state index contributed by atoms with van der Waals surface area (Å²) in [5.74, 6) is -0.356. The van der Waals surface area contributed by atoms with E-state index < -0.39 is 11.6 Å². The average molecular weight is 353 g/mol. The molecule has 0 bridgehead atoms. The number of nitrogens with zero attached hydrogens (tertiary/aromatic N) is 3. The summed E-state index contributed by atoms with van der Waals surface area (Å²) < 4.78 is 27.2. The summed E-state index contributed by atoms with van der Waals surface area (Å²) in [5, 5.41) is 5.84. The molecule has 0 spiro atoms. The molecule has 0 aliphatic carbocycles. The largest absolute Gasteiger partial charge is 0.366 e. The average Bonchev–Trinajstić information content (AvgIpc) is 2.57. The SMILES string of the molecule is CN=C(NCC(=O)NC(C)C)N1CCN(c2cc(F)ccc2F)CC1. The Balaban J connectivity index is 1.89. The fourth-order valence-corrected chi connectivity index (χ4v) is 2.75. The van der Waals surface area contributed by atoms with Gasteiger partial charge in [0.2, 0.25) is 5.91 Å². The Morgan fingerprint density at radius 3 is 2.52 bits per heavy atom. The molecule has 8 heteroatoms. The third kappa shape index (κ3) is 5.30. The van der Waals surface area contributed by atoms with E-state index in [9.17, 15) is 13.6 Å². The summed E-state index contributed by atoms with van der Waals surface area (Å²) in [4.78, 5) is 19.7. The predicted octanol–water partition coefficient (Wildman–Crippen LogP) is 1.19. The molecule has 2 N–H and O–H groups in total. The Morgan fingerprint density at radius 2 is 1.92 bits per heavy atom. The van der Waals surface area contributed by atoms with Crippen molar-refractivity contribution in [3.8, 4) is 0 Å². The standard InChI is InChI=1S/C17H25F2N5O/c1-12(2)22-16(25)11-21-17(20-3)24-8-6-23(7-9-24)15-10-13(18)4-5-14(15)19/h4-5,10,12H,6-9,11H2,1-3H3,(H,20,21)(H,22,25). The van der Waals surface area contributed by atoms with Crippen LogP contribution in [0.15, 0.2) is 23.2 Å². The fraction of sp³-hybridized carbons (Fsp3) is 0.529. The summed E-state index contributed by atoms with van der Waals surface area (Å²) in [6, 6.07) is 3.56. The summed E-state index contributed by atoms with van der Waals surface area (Å²) in [7, 11) is 1.65. The number of halogens is 2. The summed E-state index contributed by atoms with van der Waals surface area (Å²) in [5.41, 5.74) is 0.277. The monoisotopic (exact) mass is 353 g/mol. The molecule has 2 rings (SSSR count). The predicted molar refractivity (Wildman–Crippen MR) is 94.8 cm³/mol. The lowest BCUT2D eigenvalue weighted by Gasteiger charge is -2.37. The highest BCUT2D eigenvalue weighted by Gasteiger charge is 2.22. The van der Waals surface area contributed by atoms with Crippen LogP contribution >= 0.6 is 0 Å². The first kappa shape index (κ1) is 19.0. The van der Waals surface area contributed by atoms with Gasteiger partial charge in [-0.15, -0.1) is 0 Å². The summed E-state index contributed by atoms with van der Waals surface area (Å²) in [6.07, 6.45) is 0. The molecule has 1 aliphatic rings. The Kier molecular flexibility index (Phi) is 6.55. The van der Waals surface area contributed by atoms with Gasteiger partial charge in [-0.3, -0.25) is 9.79 Å². The number of carbonyl (C=O) groups excluding carboxylic acids is 1. The maximum atomic E-state index is 13.9. The maximum absolute atomic E-state index is 13.9. The molecule has 1 aromatic rings. The number of amides is 1. The van der Waals surface area contributed by atoms with E-state index >= 15 is 0 Å². The van der Waals surface area contributed by atoms with E-state index in [-0.39, 0.29) is 24.2 Å². The molecule has 0 saturated carbocycles. The number of benzene rings is 1. The molecule has 138 valence electrons. The van der Waals surface area contributed by atoms with Crippen molar-refractivity contribution in [3.05, 3.63) is 29.8 Å². The lowest BCUT2D eigenvalue weighted by Crippen LogP contribution is -2.54. The minimum atomic E-state index is -0.451. The van der Waals surface area contributed by atoms with Crippen molar-refractivity contribution in [1.29, 1.82) is 0 Å². The highest BCUT2D eigenvalue weighted by Crippen LogP contribution is 2.21. The Hall–Kier alpha value is -2.38. The molecule has 1 aromatic carbocycles. The molecular weight excluding hydrogens is 328 g/mol. The molecule has 0 aromatic heterocycles. The zero-order valence-electron chi connectivity index (χ0n) is 14.9. The molecule has 25 heavy (non-hydrogen) atoms. The summed E-state index contributed by atoms with van der Waals surface area (Å²) >= 11 is 0. The number of piperazine rings is 1. The number of hydrogen-bond acceptors (Lipinski definition) is 3. The smallest absolute Gasteiger partial charge is 0.239 e. The van der Waals surface area contributed by atoms with Gasteiger partial charge in [0, 0.05) is 45.3 Å². The molecule has 1 saturated heterocycles. The second-order valence-electron chi connectivity index (χ2n) is 6.19. The first-order valence-electron chi connectivity index (χ1n) is 8.35. The summed E-state index contributed by atoms with van der Waals surface area (Å²) in [6.45, 7) is 6.22. The zero-order chi connectivity index (χ0) is 18.4. The van der Waals surface area contributed by atoms with Gasteiger partial charge in [-0.1, -0.05) is 0 Å².